The van der Waals surface area contributed by atoms with Gasteiger partial charge in [0.2, 0.25) is 0 Å². The first kappa shape index (κ1) is 5.89. The molecule has 0 unspecified atom stereocenters. The molecule has 1 fully saturated rings. The molecule has 0 aromatic heterocycles. The minimum absolute atomic E-state index is 0.931. The van der Waals surface area contributed by atoms with E-state index in [1.165, 1.54) is 17.8 Å². The molecule has 7 heavy (non-hydrogen) atoms. The molecule has 1 rings (SSSR count). The second-order valence-electron chi connectivity index (χ2n) is 1.58. The Morgan fingerprint density at radius 2 is 2.00 bits per heavy atom. The van der Waals surface area contributed by atoms with Crippen LogP contribution >= 0.6 is 23.5 Å². The number of thioether (sulfide) groups is 2. The Hall–Kier alpha value is 0.765. The number of rotatable bonds is 1. The fraction of sp³-hybridized carbons (Fsp3) is 1.00. The summed E-state index contributed by atoms with van der Waals surface area (Å²) < 4.78 is 0.931. The lowest BCUT2D eigenvalue weighted by Crippen LogP contribution is -1.86. The van der Waals surface area contributed by atoms with Crippen molar-refractivity contribution in [3.8, 4) is 0 Å². The Labute approximate surface area is 54.2 Å². The summed E-state index contributed by atoms with van der Waals surface area (Å²) in [5.74, 6) is 2.76. The Kier molecular flexibility index (Phi) is 2.46. The smallest absolute Gasteiger partial charge is 0.103 e. The van der Waals surface area contributed by atoms with Crippen molar-refractivity contribution in [2.24, 2.45) is 0 Å². The summed E-state index contributed by atoms with van der Waals surface area (Å²) in [4.78, 5) is 0. The molecule has 0 bridgehead atoms. The highest BCUT2D eigenvalue weighted by Crippen LogP contribution is 2.33. The molecule has 0 N–H and O–H groups in total. The maximum atomic E-state index is 2.26. The molecule has 40 valence electrons. The zero-order valence-corrected chi connectivity index (χ0v) is 6.15. The third kappa shape index (κ3) is 1.61. The lowest BCUT2D eigenvalue weighted by Gasteiger charge is -1.98. The van der Waals surface area contributed by atoms with Gasteiger partial charge in [-0.2, -0.15) is 0 Å². The summed E-state index contributed by atoms with van der Waals surface area (Å²) in [7, 11) is 2.26. The number of hydrogen-bond acceptors (Lipinski definition) is 2. The largest absolute Gasteiger partial charge is 0.148 e. The van der Waals surface area contributed by atoms with Crippen LogP contribution in [0.4, 0.5) is 0 Å². The standard InChI is InChI=1S/C4H9BS2/c5-3-4-6-1-2-7-4/h4H,1-3,5H2. The highest BCUT2D eigenvalue weighted by molar-refractivity contribution is 8.20. The van der Waals surface area contributed by atoms with Crippen LogP contribution < -0.4 is 0 Å². The van der Waals surface area contributed by atoms with E-state index in [2.05, 4.69) is 31.4 Å². The van der Waals surface area contributed by atoms with E-state index in [-0.39, 0.29) is 0 Å². The fourth-order valence-electron chi connectivity index (χ4n) is 0.643. The number of hydrogen-bond donors (Lipinski definition) is 0. The molecule has 3 heteroatoms. The molecule has 0 radical (unpaired) electrons. The van der Waals surface area contributed by atoms with E-state index in [4.69, 9.17) is 0 Å². The van der Waals surface area contributed by atoms with Gasteiger partial charge in [-0.1, -0.05) is 6.32 Å². The summed E-state index contributed by atoms with van der Waals surface area (Å²) in [6, 6.07) is 0. The van der Waals surface area contributed by atoms with Crippen LogP contribution in [0.3, 0.4) is 0 Å². The first-order valence-electron chi connectivity index (χ1n) is 2.66. The highest BCUT2D eigenvalue weighted by atomic mass is 32.2. The quantitative estimate of drug-likeness (QED) is 0.485. The van der Waals surface area contributed by atoms with Crippen molar-refractivity contribution in [2.75, 3.05) is 11.5 Å². The lowest BCUT2D eigenvalue weighted by molar-refractivity contribution is 1.42. The fourth-order valence-corrected chi connectivity index (χ4v) is 3.37. The molecular formula is C4H9BS2. The second-order valence-corrected chi connectivity index (χ2v) is 4.50. The molecule has 1 aliphatic heterocycles. The molecule has 0 atom stereocenters. The SMILES string of the molecule is BCC1SCCS1. The van der Waals surface area contributed by atoms with Gasteiger partial charge < -0.3 is 0 Å². The summed E-state index contributed by atoms with van der Waals surface area (Å²) >= 11 is 4.21. The van der Waals surface area contributed by atoms with Crippen LogP contribution in [0, 0.1) is 0 Å². The molecule has 0 amide bonds. The maximum Gasteiger partial charge on any atom is 0.103 e. The molecule has 0 nitrogen and oxygen atoms in total. The predicted molar refractivity (Wildman–Crippen MR) is 42.1 cm³/mol. The molecular weight excluding hydrogens is 123 g/mol. The zero-order chi connectivity index (χ0) is 5.11. The van der Waals surface area contributed by atoms with Gasteiger partial charge >= 0.3 is 0 Å². The van der Waals surface area contributed by atoms with Crippen molar-refractivity contribution in [1.82, 2.24) is 0 Å². The average molecular weight is 132 g/mol. The third-order valence-corrected chi connectivity index (χ3v) is 4.39. The highest BCUT2D eigenvalue weighted by Gasteiger charge is 2.12. The predicted octanol–water partition coefficient (Wildman–Crippen LogP) is 0.844. The van der Waals surface area contributed by atoms with Gasteiger partial charge in [-0.3, -0.25) is 0 Å². The minimum Gasteiger partial charge on any atom is -0.148 e. The van der Waals surface area contributed by atoms with Gasteiger partial charge in [0.05, 0.1) is 0 Å². The van der Waals surface area contributed by atoms with Gasteiger partial charge in [0.15, 0.2) is 0 Å². The lowest BCUT2D eigenvalue weighted by atomic mass is 10.1. The molecule has 0 aromatic rings. The van der Waals surface area contributed by atoms with Gasteiger partial charge in [-0.25, -0.2) is 0 Å². The van der Waals surface area contributed by atoms with Crippen LogP contribution in [0.15, 0.2) is 0 Å². The van der Waals surface area contributed by atoms with E-state index in [1.54, 1.807) is 0 Å². The van der Waals surface area contributed by atoms with Gasteiger partial charge in [0, 0.05) is 16.1 Å². The van der Waals surface area contributed by atoms with E-state index >= 15 is 0 Å². The van der Waals surface area contributed by atoms with Gasteiger partial charge in [-0.15, -0.1) is 23.5 Å². The minimum atomic E-state index is 0.931. The first-order chi connectivity index (χ1) is 3.43. The van der Waals surface area contributed by atoms with Crippen LogP contribution in [0.1, 0.15) is 0 Å². The molecule has 0 spiro atoms. The average Bonchev–Trinajstić information content (AvgIpc) is 2.14. The van der Waals surface area contributed by atoms with E-state index in [9.17, 15) is 0 Å². The molecule has 0 aliphatic carbocycles. The molecule has 0 aromatic carbocycles. The van der Waals surface area contributed by atoms with E-state index < -0.39 is 0 Å². The normalized spacial score (nSPS) is 23.4. The maximum absolute atomic E-state index is 2.26. The third-order valence-electron chi connectivity index (χ3n) is 1.02. The van der Waals surface area contributed by atoms with Crippen molar-refractivity contribution in [3.05, 3.63) is 0 Å². The summed E-state index contributed by atoms with van der Waals surface area (Å²) in [6.45, 7) is 0. The topological polar surface area (TPSA) is 0 Å². The summed E-state index contributed by atoms with van der Waals surface area (Å²) in [5.41, 5.74) is 0. The summed E-state index contributed by atoms with van der Waals surface area (Å²) in [6.07, 6.45) is 1.34. The molecule has 0 saturated carbocycles. The van der Waals surface area contributed by atoms with Gasteiger partial charge in [0.25, 0.3) is 0 Å². The van der Waals surface area contributed by atoms with E-state index in [0.717, 1.165) is 4.58 Å². The van der Waals surface area contributed by atoms with Gasteiger partial charge in [0.1, 0.15) is 7.85 Å². The second kappa shape index (κ2) is 2.93. The van der Waals surface area contributed by atoms with Crippen LogP contribution in [0.2, 0.25) is 6.32 Å². The Morgan fingerprint density at radius 1 is 1.43 bits per heavy atom. The Bertz CT molecular complexity index is 51.7. The van der Waals surface area contributed by atoms with Crippen LogP contribution in [0.25, 0.3) is 0 Å². The van der Waals surface area contributed by atoms with Crippen molar-refractivity contribution < 1.29 is 0 Å². The van der Waals surface area contributed by atoms with E-state index in [1.807, 2.05) is 0 Å². The molecule has 1 heterocycles. The van der Waals surface area contributed by atoms with Crippen molar-refractivity contribution in [1.29, 1.82) is 0 Å². The first-order valence-corrected chi connectivity index (χ1v) is 4.76. The monoisotopic (exact) mass is 132 g/mol. The van der Waals surface area contributed by atoms with Gasteiger partial charge in [-0.05, 0) is 0 Å². The van der Waals surface area contributed by atoms with Crippen LogP contribution in [-0.4, -0.2) is 23.9 Å². The van der Waals surface area contributed by atoms with Crippen molar-refractivity contribution in [3.63, 3.8) is 0 Å². The van der Waals surface area contributed by atoms with Crippen molar-refractivity contribution >= 4 is 31.4 Å². The zero-order valence-electron chi connectivity index (χ0n) is 4.52. The Balaban J connectivity index is 2.14. The summed E-state index contributed by atoms with van der Waals surface area (Å²) in [5, 5.41) is 0. The van der Waals surface area contributed by atoms with Crippen LogP contribution in [0.5, 0.6) is 0 Å². The van der Waals surface area contributed by atoms with E-state index in [0.29, 0.717) is 0 Å². The molecule has 1 aliphatic rings. The van der Waals surface area contributed by atoms with Crippen LogP contribution in [-0.2, 0) is 0 Å². The molecule has 1 saturated heterocycles. The Morgan fingerprint density at radius 3 is 2.29 bits per heavy atom. The van der Waals surface area contributed by atoms with Crippen molar-refractivity contribution in [2.45, 2.75) is 10.9 Å².